The van der Waals surface area contributed by atoms with Crippen LogP contribution >= 0.6 is 0 Å². The molecule has 1 aromatic heterocycles. The molecule has 1 aliphatic heterocycles. The van der Waals surface area contributed by atoms with Gasteiger partial charge in [0, 0.05) is 24.7 Å². The van der Waals surface area contributed by atoms with Crippen LogP contribution in [0.15, 0.2) is 36.5 Å². The number of aromatic nitrogens is 1. The lowest BCUT2D eigenvalue weighted by Crippen LogP contribution is -2.35. The zero-order valence-electron chi connectivity index (χ0n) is 12.0. The summed E-state index contributed by atoms with van der Waals surface area (Å²) >= 11 is 0. The molecule has 0 saturated carbocycles. The fourth-order valence-electron chi connectivity index (χ4n) is 2.66. The summed E-state index contributed by atoms with van der Waals surface area (Å²) in [5.41, 5.74) is 1.62. The highest BCUT2D eigenvalue weighted by atomic mass is 16.2. The van der Waals surface area contributed by atoms with Gasteiger partial charge in [0.2, 0.25) is 5.91 Å². The van der Waals surface area contributed by atoms with Crippen LogP contribution in [-0.4, -0.2) is 48.5 Å². The van der Waals surface area contributed by atoms with E-state index >= 15 is 0 Å². The van der Waals surface area contributed by atoms with Crippen LogP contribution in [0.2, 0.25) is 0 Å². The Morgan fingerprint density at radius 3 is 3.10 bits per heavy atom. The summed E-state index contributed by atoms with van der Waals surface area (Å²) in [7, 11) is 0. The standard InChI is InChI=1S/C16H20N4O/c21-15(12-20-10-3-7-17-9-11-20)19-14-6-1-4-13-5-2-8-18-16(13)14/h1-2,4-6,8,17H,3,7,9-12H2,(H,19,21). The number of carbonyl (C=O) groups excluding carboxylic acids is 1. The molecule has 5 heteroatoms. The highest BCUT2D eigenvalue weighted by Crippen LogP contribution is 2.20. The molecule has 2 heterocycles. The minimum absolute atomic E-state index is 0.0232. The van der Waals surface area contributed by atoms with Gasteiger partial charge in [0.05, 0.1) is 17.7 Å². The Hall–Kier alpha value is -1.98. The van der Waals surface area contributed by atoms with Crippen LogP contribution in [0.25, 0.3) is 10.9 Å². The number of para-hydroxylation sites is 1. The normalized spacial score (nSPS) is 16.6. The van der Waals surface area contributed by atoms with Crippen LogP contribution in [0.4, 0.5) is 5.69 Å². The van der Waals surface area contributed by atoms with E-state index in [9.17, 15) is 4.79 Å². The number of hydrogen-bond donors (Lipinski definition) is 2. The third-order valence-corrected chi connectivity index (χ3v) is 3.71. The molecule has 1 aromatic carbocycles. The number of nitrogens with one attached hydrogen (secondary N) is 2. The number of rotatable bonds is 3. The van der Waals surface area contributed by atoms with Gasteiger partial charge < -0.3 is 10.6 Å². The van der Waals surface area contributed by atoms with Crippen LogP contribution in [0.5, 0.6) is 0 Å². The van der Waals surface area contributed by atoms with Crippen molar-refractivity contribution in [2.45, 2.75) is 6.42 Å². The van der Waals surface area contributed by atoms with Crippen LogP contribution in [0, 0.1) is 0 Å². The molecule has 1 fully saturated rings. The van der Waals surface area contributed by atoms with Crippen molar-refractivity contribution in [1.29, 1.82) is 0 Å². The summed E-state index contributed by atoms with van der Waals surface area (Å²) in [5.74, 6) is 0.0232. The lowest BCUT2D eigenvalue weighted by Gasteiger charge is -2.18. The smallest absolute Gasteiger partial charge is 0.238 e. The van der Waals surface area contributed by atoms with Gasteiger partial charge in [-0.2, -0.15) is 0 Å². The van der Waals surface area contributed by atoms with Gasteiger partial charge in [0.25, 0.3) is 0 Å². The van der Waals surface area contributed by atoms with Crippen LogP contribution in [0.3, 0.4) is 0 Å². The molecule has 21 heavy (non-hydrogen) atoms. The number of carbonyl (C=O) groups is 1. The van der Waals surface area contributed by atoms with Gasteiger partial charge in [-0.1, -0.05) is 18.2 Å². The summed E-state index contributed by atoms with van der Waals surface area (Å²) in [4.78, 5) is 18.8. The fourth-order valence-corrected chi connectivity index (χ4v) is 2.66. The SMILES string of the molecule is O=C(CN1CCCNCC1)Nc1cccc2cccnc12. The molecule has 0 unspecified atom stereocenters. The molecule has 0 aliphatic carbocycles. The molecule has 2 aromatic rings. The molecule has 1 saturated heterocycles. The van der Waals surface area contributed by atoms with Crippen molar-refractivity contribution in [2.24, 2.45) is 0 Å². The molecule has 0 bridgehead atoms. The van der Waals surface area contributed by atoms with E-state index in [0.29, 0.717) is 6.54 Å². The van der Waals surface area contributed by atoms with Crippen molar-refractivity contribution in [3.8, 4) is 0 Å². The molecule has 5 nitrogen and oxygen atoms in total. The highest BCUT2D eigenvalue weighted by molar-refractivity contribution is 6.00. The first-order chi connectivity index (χ1) is 10.3. The van der Waals surface area contributed by atoms with E-state index in [0.717, 1.165) is 49.2 Å². The first-order valence-electron chi connectivity index (χ1n) is 7.39. The molecule has 110 valence electrons. The summed E-state index contributed by atoms with van der Waals surface area (Å²) in [5, 5.41) is 7.37. The average molecular weight is 284 g/mol. The predicted octanol–water partition coefficient (Wildman–Crippen LogP) is 1.47. The number of fused-ring (bicyclic) bond motifs is 1. The molecule has 1 aliphatic rings. The quantitative estimate of drug-likeness (QED) is 0.896. The Morgan fingerprint density at radius 1 is 1.24 bits per heavy atom. The van der Waals surface area contributed by atoms with Gasteiger partial charge >= 0.3 is 0 Å². The summed E-state index contributed by atoms with van der Waals surface area (Å²) in [6.07, 6.45) is 2.83. The first kappa shape index (κ1) is 14.0. The van der Waals surface area contributed by atoms with Crippen molar-refractivity contribution >= 4 is 22.5 Å². The third-order valence-electron chi connectivity index (χ3n) is 3.71. The molecule has 1 amide bonds. The monoisotopic (exact) mass is 284 g/mol. The number of benzene rings is 1. The number of anilines is 1. The molecule has 0 spiro atoms. The summed E-state index contributed by atoms with van der Waals surface area (Å²) in [6, 6.07) is 9.74. The van der Waals surface area contributed by atoms with E-state index in [1.807, 2.05) is 30.3 Å². The molecule has 3 rings (SSSR count). The fraction of sp³-hybridized carbons (Fsp3) is 0.375. The Balaban J connectivity index is 1.68. The van der Waals surface area contributed by atoms with Gasteiger partial charge in [0.15, 0.2) is 0 Å². The summed E-state index contributed by atoms with van der Waals surface area (Å²) < 4.78 is 0. The van der Waals surface area contributed by atoms with Gasteiger partial charge in [-0.15, -0.1) is 0 Å². The maximum atomic E-state index is 12.2. The second-order valence-corrected chi connectivity index (χ2v) is 5.31. The minimum atomic E-state index is 0.0232. The van der Waals surface area contributed by atoms with Gasteiger partial charge in [-0.25, -0.2) is 0 Å². The molecular weight excluding hydrogens is 264 g/mol. The number of pyridine rings is 1. The zero-order chi connectivity index (χ0) is 14.5. The van der Waals surface area contributed by atoms with Crippen molar-refractivity contribution in [1.82, 2.24) is 15.2 Å². The lowest BCUT2D eigenvalue weighted by atomic mass is 10.2. The third kappa shape index (κ3) is 3.56. The lowest BCUT2D eigenvalue weighted by molar-refractivity contribution is -0.117. The number of nitrogens with zero attached hydrogens (tertiary/aromatic N) is 2. The Labute approximate surface area is 124 Å². The van der Waals surface area contributed by atoms with Crippen molar-refractivity contribution in [2.75, 3.05) is 38.0 Å². The van der Waals surface area contributed by atoms with Crippen molar-refractivity contribution in [3.63, 3.8) is 0 Å². The predicted molar refractivity (Wildman–Crippen MR) is 84.3 cm³/mol. The Bertz CT molecular complexity index is 615. The van der Waals surface area contributed by atoms with E-state index in [1.165, 1.54) is 0 Å². The number of amides is 1. The van der Waals surface area contributed by atoms with Gasteiger partial charge in [-0.3, -0.25) is 14.7 Å². The van der Waals surface area contributed by atoms with Crippen LogP contribution < -0.4 is 10.6 Å². The zero-order valence-corrected chi connectivity index (χ0v) is 12.0. The molecule has 2 N–H and O–H groups in total. The number of hydrogen-bond acceptors (Lipinski definition) is 4. The van der Waals surface area contributed by atoms with E-state index < -0.39 is 0 Å². The maximum Gasteiger partial charge on any atom is 0.238 e. The topological polar surface area (TPSA) is 57.3 Å². The van der Waals surface area contributed by atoms with Crippen LogP contribution in [-0.2, 0) is 4.79 Å². The second-order valence-electron chi connectivity index (χ2n) is 5.31. The van der Waals surface area contributed by atoms with Crippen molar-refractivity contribution < 1.29 is 4.79 Å². The molecule has 0 radical (unpaired) electrons. The van der Waals surface area contributed by atoms with Crippen LogP contribution in [0.1, 0.15) is 6.42 Å². The maximum absolute atomic E-state index is 12.2. The summed E-state index contributed by atoms with van der Waals surface area (Å²) in [6.45, 7) is 4.30. The van der Waals surface area contributed by atoms with E-state index in [-0.39, 0.29) is 5.91 Å². The Morgan fingerprint density at radius 2 is 2.14 bits per heavy atom. The second kappa shape index (κ2) is 6.65. The largest absolute Gasteiger partial charge is 0.323 e. The highest BCUT2D eigenvalue weighted by Gasteiger charge is 2.13. The van der Waals surface area contributed by atoms with E-state index in [1.54, 1.807) is 6.20 Å². The van der Waals surface area contributed by atoms with Gasteiger partial charge in [-0.05, 0) is 31.6 Å². The van der Waals surface area contributed by atoms with E-state index in [4.69, 9.17) is 0 Å². The Kier molecular flexibility index (Phi) is 4.43. The van der Waals surface area contributed by atoms with Gasteiger partial charge in [0.1, 0.15) is 0 Å². The average Bonchev–Trinajstić information content (AvgIpc) is 2.76. The first-order valence-corrected chi connectivity index (χ1v) is 7.39. The molecular formula is C16H20N4O. The van der Waals surface area contributed by atoms with E-state index in [2.05, 4.69) is 20.5 Å². The van der Waals surface area contributed by atoms with Crippen molar-refractivity contribution in [3.05, 3.63) is 36.5 Å². The molecule has 0 atom stereocenters. The minimum Gasteiger partial charge on any atom is -0.323 e.